The van der Waals surface area contributed by atoms with Gasteiger partial charge in [-0.1, -0.05) is 59.9 Å². The number of aromatic nitrogens is 1. The normalized spacial score (nSPS) is 14.6. The Morgan fingerprint density at radius 2 is 1.84 bits per heavy atom. The smallest absolute Gasteiger partial charge is 0.338 e. The molecule has 0 spiro atoms. The van der Waals surface area contributed by atoms with Gasteiger partial charge in [-0.2, -0.15) is 0 Å². The fraction of sp³-hybridized carbons (Fsp3) is 0.250. The van der Waals surface area contributed by atoms with Crippen LogP contribution in [0.2, 0.25) is 0 Å². The Labute approximate surface area is 265 Å². The molecule has 9 heteroatoms. The van der Waals surface area contributed by atoms with Crippen molar-refractivity contribution in [2.24, 2.45) is 4.99 Å². The van der Waals surface area contributed by atoms with E-state index in [4.69, 9.17) is 14.2 Å². The van der Waals surface area contributed by atoms with Crippen LogP contribution in [-0.2, 0) is 22.6 Å². The largest absolute Gasteiger partial charge is 0.491 e. The first-order chi connectivity index (χ1) is 21.7. The molecule has 0 radical (unpaired) electrons. The third-order valence-electron chi connectivity index (χ3n) is 7.18. The van der Waals surface area contributed by atoms with E-state index >= 15 is 0 Å². The van der Waals surface area contributed by atoms with Gasteiger partial charge in [0.1, 0.15) is 30.0 Å². The first-order valence-electron chi connectivity index (χ1n) is 14.8. The summed E-state index contributed by atoms with van der Waals surface area (Å²) in [5.74, 6) is 0.321. The van der Waals surface area contributed by atoms with Gasteiger partial charge in [0.05, 0.1) is 28.5 Å². The summed E-state index contributed by atoms with van der Waals surface area (Å²) in [5.41, 5.74) is 3.23. The topological polar surface area (TPSA) is 79.1 Å². The number of ether oxygens (including phenoxy) is 3. The highest BCUT2D eigenvalue weighted by Gasteiger charge is 2.35. The fourth-order valence-corrected chi connectivity index (χ4v) is 6.27. The minimum absolute atomic E-state index is 0.0823. The molecule has 5 rings (SSSR count). The Bertz CT molecular complexity index is 1960. The number of nitrogens with zero attached hydrogens (tertiary/aromatic N) is 2. The van der Waals surface area contributed by atoms with Crippen molar-refractivity contribution >= 4 is 23.4 Å². The highest BCUT2D eigenvalue weighted by molar-refractivity contribution is 7.07. The third kappa shape index (κ3) is 6.83. The van der Waals surface area contributed by atoms with Crippen molar-refractivity contribution in [2.45, 2.75) is 52.9 Å². The summed E-state index contributed by atoms with van der Waals surface area (Å²) in [6.07, 6.45) is 3.96. The molecule has 1 atom stereocenters. The van der Waals surface area contributed by atoms with Crippen LogP contribution in [-0.4, -0.2) is 23.2 Å². The number of rotatable bonds is 11. The second kappa shape index (κ2) is 13.9. The summed E-state index contributed by atoms with van der Waals surface area (Å²) < 4.78 is 33.7. The maximum Gasteiger partial charge on any atom is 0.338 e. The maximum atomic E-state index is 14.2. The number of carbonyl (C=O) groups excluding carboxylic acids is 1. The molecule has 1 aromatic heterocycles. The molecule has 0 aliphatic carbocycles. The van der Waals surface area contributed by atoms with Gasteiger partial charge in [0.2, 0.25) is 0 Å². The molecule has 232 valence electrons. The van der Waals surface area contributed by atoms with E-state index in [2.05, 4.69) is 11.6 Å². The van der Waals surface area contributed by atoms with Gasteiger partial charge in [-0.25, -0.2) is 14.2 Å². The average Bonchev–Trinajstić information content (AvgIpc) is 3.31. The van der Waals surface area contributed by atoms with Gasteiger partial charge in [0, 0.05) is 11.1 Å². The van der Waals surface area contributed by atoms with Gasteiger partial charge in [-0.05, 0) is 75.6 Å². The Kier molecular flexibility index (Phi) is 9.78. The average molecular weight is 627 g/mol. The van der Waals surface area contributed by atoms with Crippen molar-refractivity contribution in [2.75, 3.05) is 6.61 Å². The maximum absolute atomic E-state index is 14.2. The van der Waals surface area contributed by atoms with Crippen molar-refractivity contribution in [3.63, 3.8) is 0 Å². The molecule has 1 aliphatic rings. The minimum Gasteiger partial charge on any atom is -0.491 e. The van der Waals surface area contributed by atoms with Crippen LogP contribution in [0.25, 0.3) is 6.08 Å². The number of fused-ring (bicyclic) bond motifs is 1. The number of halogens is 1. The second-order valence-corrected chi connectivity index (χ2v) is 11.8. The van der Waals surface area contributed by atoms with E-state index in [9.17, 15) is 14.0 Å². The SMILES string of the molecule is C=CCc1cc(/C=c2/sc3n(c2=O)[C@@H](c2ccccc2OC(C)C)C(C(=O)OCC)=C(C)N=3)ccc1OCc1ccccc1F. The van der Waals surface area contributed by atoms with E-state index in [0.29, 0.717) is 49.7 Å². The number of hydrogen-bond donors (Lipinski definition) is 0. The van der Waals surface area contributed by atoms with Crippen LogP contribution >= 0.6 is 11.3 Å². The molecule has 4 aromatic rings. The molecule has 0 saturated heterocycles. The summed E-state index contributed by atoms with van der Waals surface area (Å²) in [7, 11) is 0. The monoisotopic (exact) mass is 626 g/mol. The van der Waals surface area contributed by atoms with Gasteiger partial charge >= 0.3 is 5.97 Å². The predicted octanol–water partition coefficient (Wildman–Crippen LogP) is 6.03. The minimum atomic E-state index is -0.789. The molecule has 0 bridgehead atoms. The van der Waals surface area contributed by atoms with E-state index in [1.165, 1.54) is 17.4 Å². The number of para-hydroxylation sites is 1. The van der Waals surface area contributed by atoms with Crippen molar-refractivity contribution in [3.8, 4) is 11.5 Å². The Morgan fingerprint density at radius 3 is 2.58 bits per heavy atom. The summed E-state index contributed by atoms with van der Waals surface area (Å²) in [6, 6.07) is 18.7. The summed E-state index contributed by atoms with van der Waals surface area (Å²) in [5, 5.41) is 0. The van der Waals surface area contributed by atoms with Crippen molar-refractivity contribution in [3.05, 3.63) is 138 Å². The van der Waals surface area contributed by atoms with Crippen LogP contribution in [0, 0.1) is 5.82 Å². The summed E-state index contributed by atoms with van der Waals surface area (Å²) in [4.78, 5) is 32.6. The van der Waals surface area contributed by atoms with Crippen LogP contribution in [0.15, 0.2) is 100 Å². The van der Waals surface area contributed by atoms with Crippen LogP contribution in [0.3, 0.4) is 0 Å². The molecule has 0 fully saturated rings. The van der Waals surface area contributed by atoms with Crippen LogP contribution in [0.5, 0.6) is 11.5 Å². The highest BCUT2D eigenvalue weighted by atomic mass is 32.1. The van der Waals surface area contributed by atoms with Crippen LogP contribution < -0.4 is 24.4 Å². The molecule has 0 amide bonds. The Balaban J connectivity index is 1.59. The molecule has 3 aromatic carbocycles. The molecule has 1 aliphatic heterocycles. The quantitative estimate of drug-likeness (QED) is 0.150. The molecule has 45 heavy (non-hydrogen) atoms. The molecule has 2 heterocycles. The van der Waals surface area contributed by atoms with Gasteiger partial charge in [-0.15, -0.1) is 6.58 Å². The zero-order valence-corrected chi connectivity index (χ0v) is 26.5. The Morgan fingerprint density at radius 1 is 1.09 bits per heavy atom. The highest BCUT2D eigenvalue weighted by Crippen LogP contribution is 2.36. The van der Waals surface area contributed by atoms with Crippen molar-refractivity contribution in [1.82, 2.24) is 4.57 Å². The Hall–Kier alpha value is -4.76. The lowest BCUT2D eigenvalue weighted by atomic mass is 9.95. The second-order valence-electron chi connectivity index (χ2n) is 10.7. The lowest BCUT2D eigenvalue weighted by Gasteiger charge is -2.26. The fourth-order valence-electron chi connectivity index (χ4n) is 5.22. The van der Waals surface area contributed by atoms with Gasteiger partial charge in [-0.3, -0.25) is 9.36 Å². The van der Waals surface area contributed by atoms with Crippen molar-refractivity contribution in [1.29, 1.82) is 0 Å². The molecular formula is C36H35FN2O5S. The van der Waals surface area contributed by atoms with Crippen LogP contribution in [0.4, 0.5) is 4.39 Å². The van der Waals surface area contributed by atoms with E-state index in [-0.39, 0.29) is 30.7 Å². The number of benzene rings is 3. The first kappa shape index (κ1) is 31.7. The van der Waals surface area contributed by atoms with Gasteiger partial charge in [0.15, 0.2) is 4.80 Å². The lowest BCUT2D eigenvalue weighted by molar-refractivity contribution is -0.139. The predicted molar refractivity (Wildman–Crippen MR) is 174 cm³/mol. The standard InChI is InChI=1S/C36H35FN2O5S/c1-6-12-25-19-24(17-18-29(25)43-21-26-13-8-10-15-28(26)37)20-31-34(40)39-33(27-14-9-11-16-30(27)44-22(3)4)32(35(41)42-7-2)23(5)38-36(39)45-31/h6,8-11,13-20,22,33H,1,7,12,21H2,2-5H3/b31-20+/t33-/m0/s1. The lowest BCUT2D eigenvalue weighted by Crippen LogP contribution is -2.40. The van der Waals surface area contributed by atoms with E-state index in [1.807, 2.05) is 56.3 Å². The number of carbonyl (C=O) groups is 1. The van der Waals surface area contributed by atoms with Crippen molar-refractivity contribution < 1.29 is 23.4 Å². The number of hydrogen-bond acceptors (Lipinski definition) is 7. The zero-order valence-electron chi connectivity index (χ0n) is 25.7. The first-order valence-corrected chi connectivity index (χ1v) is 15.6. The number of allylic oxidation sites excluding steroid dienone is 2. The van der Waals surface area contributed by atoms with Gasteiger partial charge < -0.3 is 14.2 Å². The molecule has 0 unspecified atom stereocenters. The zero-order chi connectivity index (χ0) is 32.1. The van der Waals surface area contributed by atoms with E-state index in [0.717, 1.165) is 11.1 Å². The third-order valence-corrected chi connectivity index (χ3v) is 8.16. The van der Waals surface area contributed by atoms with Crippen LogP contribution in [0.1, 0.15) is 56.0 Å². The summed E-state index contributed by atoms with van der Waals surface area (Å²) >= 11 is 1.25. The molecule has 0 saturated carbocycles. The van der Waals surface area contributed by atoms with Gasteiger partial charge in [0.25, 0.3) is 5.56 Å². The molecular weight excluding hydrogens is 591 g/mol. The summed E-state index contributed by atoms with van der Waals surface area (Å²) in [6.45, 7) is 11.5. The van der Waals surface area contributed by atoms with E-state index in [1.54, 1.807) is 48.8 Å². The molecule has 0 N–H and O–H groups in total. The van der Waals surface area contributed by atoms with E-state index < -0.39 is 12.0 Å². The number of esters is 1. The number of thiazole rings is 1. The molecule has 7 nitrogen and oxygen atoms in total.